The quantitative estimate of drug-likeness (QED) is 0.0641. The summed E-state index contributed by atoms with van der Waals surface area (Å²) >= 11 is 0. The van der Waals surface area contributed by atoms with Crippen LogP contribution >= 0.6 is 37.2 Å². The summed E-state index contributed by atoms with van der Waals surface area (Å²) in [6, 6.07) is 10.8. The largest absolute Gasteiger partial charge is 0.384 e. The number of nitrogens with zero attached hydrogens (tertiary/aromatic N) is 5. The van der Waals surface area contributed by atoms with Crippen molar-refractivity contribution in [2.75, 3.05) is 109 Å². The van der Waals surface area contributed by atoms with Crippen LogP contribution < -0.4 is 21.3 Å². The first-order valence-corrected chi connectivity index (χ1v) is 19.4. The van der Waals surface area contributed by atoms with Gasteiger partial charge in [0.05, 0.1) is 33.4 Å². The summed E-state index contributed by atoms with van der Waals surface area (Å²) < 4.78 is 0. The van der Waals surface area contributed by atoms with Crippen molar-refractivity contribution in [2.24, 2.45) is 0 Å². The number of aromatic nitrogens is 2. The van der Waals surface area contributed by atoms with Crippen molar-refractivity contribution in [3.05, 3.63) is 106 Å². The molecule has 318 valence electrons. The SMILES string of the molecule is CN(C)CCCNc1ccc(NCCCN(C)CCCNc2ccc(NCCCN(C)C)c3c2C(=O)c2cnccc2C3=O)c2c1C(=O)c1ccncc1C2=O.Cl.Cl.Cl. The van der Waals surface area contributed by atoms with Crippen molar-refractivity contribution in [3.8, 4) is 0 Å². The molecule has 0 fully saturated rings. The van der Waals surface area contributed by atoms with Gasteiger partial charge in [-0.25, -0.2) is 0 Å². The van der Waals surface area contributed by atoms with Crippen molar-refractivity contribution < 1.29 is 19.2 Å². The average Bonchev–Trinajstić information content (AvgIpc) is 3.19. The topological polar surface area (TPSA) is 152 Å². The van der Waals surface area contributed by atoms with E-state index in [2.05, 4.69) is 53.0 Å². The molecule has 2 aromatic heterocycles. The number of hydrogen-bond acceptors (Lipinski definition) is 13. The number of nitrogens with one attached hydrogen (secondary N) is 4. The van der Waals surface area contributed by atoms with E-state index in [1.807, 2.05) is 52.5 Å². The van der Waals surface area contributed by atoms with Gasteiger partial charge in [0.1, 0.15) is 0 Å². The van der Waals surface area contributed by atoms with E-state index in [4.69, 9.17) is 0 Å². The zero-order chi connectivity index (χ0) is 39.8. The van der Waals surface area contributed by atoms with Crippen LogP contribution in [0.3, 0.4) is 0 Å². The number of fused-ring (bicyclic) bond motifs is 4. The summed E-state index contributed by atoms with van der Waals surface area (Å²) in [6.45, 7) is 6.00. The summed E-state index contributed by atoms with van der Waals surface area (Å²) in [4.78, 5) is 69.7. The second-order valence-corrected chi connectivity index (χ2v) is 15.0. The van der Waals surface area contributed by atoms with Crippen LogP contribution in [0, 0.1) is 0 Å². The van der Waals surface area contributed by atoms with Crippen molar-refractivity contribution in [1.29, 1.82) is 0 Å². The van der Waals surface area contributed by atoms with Gasteiger partial charge in [-0.3, -0.25) is 29.1 Å². The number of carbonyl (C=O) groups excluding carboxylic acids is 4. The van der Waals surface area contributed by atoms with Crippen LogP contribution in [0.4, 0.5) is 22.7 Å². The Morgan fingerprint density at radius 2 is 0.712 bits per heavy atom. The molecule has 0 saturated heterocycles. The number of anilines is 4. The van der Waals surface area contributed by atoms with Crippen molar-refractivity contribution in [1.82, 2.24) is 24.7 Å². The van der Waals surface area contributed by atoms with E-state index in [-0.39, 0.29) is 60.4 Å². The van der Waals surface area contributed by atoms with E-state index in [9.17, 15) is 19.2 Å². The van der Waals surface area contributed by atoms with Gasteiger partial charge in [-0.2, -0.15) is 0 Å². The molecule has 0 saturated carbocycles. The van der Waals surface area contributed by atoms with Crippen molar-refractivity contribution in [3.63, 3.8) is 0 Å². The highest BCUT2D eigenvalue weighted by Crippen LogP contribution is 2.38. The van der Waals surface area contributed by atoms with Crippen molar-refractivity contribution in [2.45, 2.75) is 25.7 Å². The Hall–Kier alpha value is -4.63. The fourth-order valence-corrected chi connectivity index (χ4v) is 7.32. The van der Waals surface area contributed by atoms with Gasteiger partial charge in [-0.05, 0) is 123 Å². The van der Waals surface area contributed by atoms with Crippen LogP contribution in [-0.2, 0) is 0 Å². The summed E-state index contributed by atoms with van der Waals surface area (Å²) in [5, 5.41) is 13.7. The number of carbonyl (C=O) groups is 4. The molecule has 6 rings (SSSR count). The lowest BCUT2D eigenvalue weighted by Crippen LogP contribution is -2.27. The second kappa shape index (κ2) is 22.7. The van der Waals surface area contributed by atoms with Gasteiger partial charge in [-0.1, -0.05) is 0 Å². The molecule has 4 N–H and O–H groups in total. The van der Waals surface area contributed by atoms with Crippen molar-refractivity contribution >= 4 is 83.1 Å². The minimum Gasteiger partial charge on any atom is -0.384 e. The van der Waals surface area contributed by atoms with E-state index in [0.29, 0.717) is 93.4 Å². The lowest BCUT2D eigenvalue weighted by molar-refractivity contribution is 0.0980. The zero-order valence-electron chi connectivity index (χ0n) is 34.4. The maximum atomic E-state index is 13.8. The first kappa shape index (κ1) is 48.7. The third-order valence-electron chi connectivity index (χ3n) is 10.2. The van der Waals surface area contributed by atoms with Gasteiger partial charge in [0.15, 0.2) is 23.1 Å². The van der Waals surface area contributed by atoms with Crippen LogP contribution in [0.5, 0.6) is 0 Å². The molecule has 2 heterocycles. The third-order valence-corrected chi connectivity index (χ3v) is 10.2. The Bertz CT molecular complexity index is 1970. The summed E-state index contributed by atoms with van der Waals surface area (Å²) in [6.07, 6.45) is 9.46. The molecular weight excluding hydrogens is 813 g/mol. The van der Waals surface area contributed by atoms with Crippen LogP contribution in [0.25, 0.3) is 0 Å². The van der Waals surface area contributed by atoms with Crippen LogP contribution in [-0.4, -0.2) is 135 Å². The first-order valence-electron chi connectivity index (χ1n) is 19.4. The smallest absolute Gasteiger partial charge is 0.198 e. The fourth-order valence-electron chi connectivity index (χ4n) is 7.32. The standard InChI is InChI=1S/C43H53N9O4.3ClH/c1-50(2)22-6-16-46-32-10-12-34(38-36(32)40(53)28-14-20-44-26-30(28)42(38)55)48-18-8-24-52(5)25-9-19-49-35-13-11-33(47-17-7-23-51(3)4)37-39(35)43(56)31-27-45-21-15-29(31)41(37)54;;;/h10-15,20-21,26-27,46-49H,6-9,16-19,22-25H2,1-5H3;3*1H. The number of benzene rings is 2. The lowest BCUT2D eigenvalue weighted by atomic mass is 9.83. The Morgan fingerprint density at radius 3 is 1.02 bits per heavy atom. The Morgan fingerprint density at radius 1 is 0.424 bits per heavy atom. The Labute approximate surface area is 365 Å². The van der Waals surface area contributed by atoms with E-state index in [1.54, 1.807) is 24.5 Å². The first-order chi connectivity index (χ1) is 27.1. The van der Waals surface area contributed by atoms with Gasteiger partial charge >= 0.3 is 0 Å². The molecule has 0 bridgehead atoms. The molecule has 16 heteroatoms. The van der Waals surface area contributed by atoms with Gasteiger partial charge in [0.2, 0.25) is 0 Å². The van der Waals surface area contributed by atoms with Gasteiger partial charge in [0.25, 0.3) is 0 Å². The number of hydrogen-bond donors (Lipinski definition) is 4. The lowest BCUT2D eigenvalue weighted by Gasteiger charge is -2.24. The van der Waals surface area contributed by atoms with Crippen LogP contribution in [0.1, 0.15) is 89.4 Å². The Kier molecular flexibility index (Phi) is 18.7. The molecule has 59 heavy (non-hydrogen) atoms. The second-order valence-electron chi connectivity index (χ2n) is 15.0. The van der Waals surface area contributed by atoms with Gasteiger partial charge in [-0.15, -0.1) is 37.2 Å². The van der Waals surface area contributed by atoms with E-state index >= 15 is 0 Å². The molecule has 2 aromatic carbocycles. The predicted octanol–water partition coefficient (Wildman–Crippen LogP) is 6.26. The molecule has 0 spiro atoms. The van der Waals surface area contributed by atoms with E-state index < -0.39 is 0 Å². The monoisotopic (exact) mass is 867 g/mol. The minimum atomic E-state index is -0.203. The number of halogens is 3. The number of rotatable bonds is 20. The van der Waals surface area contributed by atoms with Gasteiger partial charge in [0, 0.05) is 84.8 Å². The van der Waals surface area contributed by atoms with Crippen LogP contribution in [0.2, 0.25) is 0 Å². The summed E-state index contributed by atoms with van der Waals surface area (Å²) in [7, 11) is 10.2. The van der Waals surface area contributed by atoms with E-state index in [0.717, 1.165) is 51.9 Å². The third kappa shape index (κ3) is 11.4. The molecule has 13 nitrogen and oxygen atoms in total. The highest BCUT2D eigenvalue weighted by atomic mass is 35.5. The summed E-state index contributed by atoms with van der Waals surface area (Å²) in [5.74, 6) is -0.756. The maximum Gasteiger partial charge on any atom is 0.198 e. The molecule has 0 aliphatic heterocycles. The Balaban J connectivity index is 0.00000310. The number of pyridine rings is 2. The highest BCUT2D eigenvalue weighted by Gasteiger charge is 2.35. The minimum absolute atomic E-state index is 0. The molecule has 0 radical (unpaired) electrons. The maximum absolute atomic E-state index is 13.8. The zero-order valence-corrected chi connectivity index (χ0v) is 36.8. The van der Waals surface area contributed by atoms with Crippen LogP contribution in [0.15, 0.2) is 61.2 Å². The molecular formula is C43H56Cl3N9O4. The normalized spacial score (nSPS) is 12.5. The fraction of sp³-hybridized carbons (Fsp3) is 0.395. The summed E-state index contributed by atoms with van der Waals surface area (Å²) in [5.41, 5.74) is 5.63. The molecule has 4 aromatic rings. The predicted molar refractivity (Wildman–Crippen MR) is 244 cm³/mol. The molecule has 0 unspecified atom stereocenters. The molecule has 2 aliphatic rings. The number of ketones is 4. The van der Waals surface area contributed by atoms with E-state index in [1.165, 1.54) is 12.4 Å². The highest BCUT2D eigenvalue weighted by molar-refractivity contribution is 6.32. The molecule has 0 amide bonds. The molecule has 0 atom stereocenters. The van der Waals surface area contributed by atoms with Gasteiger partial charge < -0.3 is 36.0 Å². The average molecular weight is 869 g/mol. The molecule has 2 aliphatic carbocycles.